The fourth-order valence-corrected chi connectivity index (χ4v) is 4.01. The highest BCUT2D eigenvalue weighted by Gasteiger charge is 2.43. The number of halogens is 1. The number of piperidine rings is 3. The molecule has 0 saturated carbocycles. The number of carbonyl (C=O) groups excluding carboxylic acids is 1. The fourth-order valence-electron chi connectivity index (χ4n) is 4.01. The minimum atomic E-state index is -1.65. The second-order valence-corrected chi connectivity index (χ2v) is 7.31. The third-order valence-corrected chi connectivity index (χ3v) is 5.62. The summed E-state index contributed by atoms with van der Waals surface area (Å²) < 4.78 is 18.1. The largest absolute Gasteiger partial charge is 0.458 e. The van der Waals surface area contributed by atoms with Crippen LogP contribution in [0.2, 0.25) is 0 Å². The van der Waals surface area contributed by atoms with Gasteiger partial charge in [0, 0.05) is 6.54 Å². The summed E-state index contributed by atoms with van der Waals surface area (Å²) in [6, 6.07) is 8.98. The lowest BCUT2D eigenvalue weighted by Crippen LogP contribution is -2.53. The van der Waals surface area contributed by atoms with Crippen molar-refractivity contribution in [2.24, 2.45) is 5.92 Å². The van der Waals surface area contributed by atoms with Crippen LogP contribution in [0.15, 0.2) is 30.3 Å². The van der Waals surface area contributed by atoms with E-state index in [2.05, 4.69) is 4.90 Å². The van der Waals surface area contributed by atoms with Crippen molar-refractivity contribution in [1.82, 2.24) is 4.90 Å². The number of alkyl halides is 1. The van der Waals surface area contributed by atoms with Gasteiger partial charge in [-0.05, 0) is 56.7 Å². The molecule has 0 radical (unpaired) electrons. The molecule has 2 bridgehead atoms. The molecular weight excluding hydrogens is 320 g/mol. The number of hydrogen-bond donors (Lipinski definition) is 1. The summed E-state index contributed by atoms with van der Waals surface area (Å²) in [6.07, 6.45) is 3.94. The normalized spacial score (nSPS) is 27.7. The average Bonchev–Trinajstić information content (AvgIpc) is 2.66. The summed E-state index contributed by atoms with van der Waals surface area (Å²) >= 11 is 0. The summed E-state index contributed by atoms with van der Waals surface area (Å²) in [5, 5.41) is 11.2. The summed E-state index contributed by atoms with van der Waals surface area (Å²) in [6.45, 7) is 2.55. The molecule has 5 heteroatoms. The molecule has 0 aromatic heterocycles. The lowest BCUT2D eigenvalue weighted by atomic mass is 9.85. The number of fused-ring (bicyclic) bond motifs is 3. The number of unbranched alkanes of at least 4 members (excludes halogenated alkanes) is 2. The van der Waals surface area contributed by atoms with Gasteiger partial charge in [-0.1, -0.05) is 36.8 Å². The molecule has 0 amide bonds. The predicted octanol–water partition coefficient (Wildman–Crippen LogP) is 3.04. The Hall–Kier alpha value is -1.46. The van der Waals surface area contributed by atoms with E-state index in [1.807, 2.05) is 18.2 Å². The summed E-state index contributed by atoms with van der Waals surface area (Å²) in [5.74, 6) is -0.154. The van der Waals surface area contributed by atoms with Crippen molar-refractivity contribution in [2.75, 3.05) is 26.3 Å². The zero-order valence-electron chi connectivity index (χ0n) is 14.7. The first kappa shape index (κ1) is 18.3. The standard InChI is InChI=1S/C20H28FNO3/c21-12-6-2-5-11-20(24,17-7-3-1-4-8-17)19(23)25-18-15-22-13-9-16(18)10-14-22/h1,3-4,7-8,16,18,24H,2,5-6,9-15H2/t18-,20+/m1/s1/i21-1. The Morgan fingerprint density at radius 3 is 2.52 bits per heavy atom. The third-order valence-electron chi connectivity index (χ3n) is 5.62. The Morgan fingerprint density at radius 2 is 1.92 bits per heavy atom. The van der Waals surface area contributed by atoms with Crippen molar-refractivity contribution in [1.29, 1.82) is 0 Å². The lowest BCUT2D eigenvalue weighted by Gasteiger charge is -2.44. The smallest absolute Gasteiger partial charge is 0.343 e. The van der Waals surface area contributed by atoms with Gasteiger partial charge in [0.1, 0.15) is 6.10 Å². The van der Waals surface area contributed by atoms with E-state index in [1.165, 1.54) is 0 Å². The minimum absolute atomic E-state index is 0.129. The maximum Gasteiger partial charge on any atom is 0.343 e. The van der Waals surface area contributed by atoms with Crippen molar-refractivity contribution in [3.8, 4) is 0 Å². The van der Waals surface area contributed by atoms with Crippen molar-refractivity contribution >= 4 is 5.97 Å². The van der Waals surface area contributed by atoms with Gasteiger partial charge < -0.3 is 9.84 Å². The van der Waals surface area contributed by atoms with Gasteiger partial charge in [0.15, 0.2) is 5.60 Å². The van der Waals surface area contributed by atoms with Crippen LogP contribution in [-0.4, -0.2) is 48.4 Å². The van der Waals surface area contributed by atoms with Crippen LogP contribution < -0.4 is 0 Å². The monoisotopic (exact) mass is 348 g/mol. The number of rotatable bonds is 8. The van der Waals surface area contributed by atoms with E-state index in [0.29, 0.717) is 30.7 Å². The van der Waals surface area contributed by atoms with Crippen LogP contribution in [0.3, 0.4) is 0 Å². The van der Waals surface area contributed by atoms with Gasteiger partial charge in [0.2, 0.25) is 0 Å². The van der Waals surface area contributed by atoms with Crippen molar-refractivity contribution in [3.05, 3.63) is 35.9 Å². The molecule has 4 rings (SSSR count). The second kappa shape index (κ2) is 8.28. The van der Waals surface area contributed by atoms with E-state index in [0.717, 1.165) is 32.5 Å². The number of nitrogens with zero attached hydrogens (tertiary/aromatic N) is 1. The maximum atomic E-state index is 12.9. The number of carbonyl (C=O) groups is 1. The zero-order valence-corrected chi connectivity index (χ0v) is 14.7. The fraction of sp³-hybridized carbons (Fsp3) is 0.650. The Balaban J connectivity index is 1.70. The molecule has 25 heavy (non-hydrogen) atoms. The highest BCUT2D eigenvalue weighted by molar-refractivity contribution is 5.81. The molecule has 3 aliphatic heterocycles. The molecule has 0 aliphatic carbocycles. The highest BCUT2D eigenvalue weighted by Crippen LogP contribution is 2.34. The van der Waals surface area contributed by atoms with Crippen LogP contribution in [0.25, 0.3) is 0 Å². The minimum Gasteiger partial charge on any atom is -0.458 e. The molecule has 0 unspecified atom stereocenters. The Bertz CT molecular complexity index is 559. The van der Waals surface area contributed by atoms with E-state index in [9.17, 15) is 14.3 Å². The van der Waals surface area contributed by atoms with Crippen LogP contribution in [0, 0.1) is 5.92 Å². The third kappa shape index (κ3) is 4.21. The Labute approximate surface area is 149 Å². The molecular formula is C20H28FNO3. The molecule has 3 saturated heterocycles. The van der Waals surface area contributed by atoms with Crippen LogP contribution in [0.5, 0.6) is 0 Å². The number of esters is 1. The number of aliphatic hydroxyl groups is 1. The molecule has 2 atom stereocenters. The molecule has 3 heterocycles. The van der Waals surface area contributed by atoms with Gasteiger partial charge in [-0.3, -0.25) is 9.29 Å². The van der Waals surface area contributed by atoms with E-state index in [1.54, 1.807) is 12.1 Å². The quantitative estimate of drug-likeness (QED) is 0.579. The van der Waals surface area contributed by atoms with Gasteiger partial charge >= 0.3 is 5.97 Å². The SMILES string of the molecule is O=C(O[C@@H]1CN2CCC1CC2)[C@](O)(CCCCC[18F])c1ccccc1. The first-order valence-corrected chi connectivity index (χ1v) is 9.41. The summed E-state index contributed by atoms with van der Waals surface area (Å²) in [5.41, 5.74) is -1.09. The van der Waals surface area contributed by atoms with Gasteiger partial charge in [-0.15, -0.1) is 0 Å². The van der Waals surface area contributed by atoms with E-state index in [4.69, 9.17) is 4.74 Å². The zero-order chi connectivity index (χ0) is 17.7. The van der Waals surface area contributed by atoms with Gasteiger partial charge in [-0.2, -0.15) is 0 Å². The maximum absolute atomic E-state index is 12.9. The van der Waals surface area contributed by atoms with E-state index >= 15 is 0 Å². The van der Waals surface area contributed by atoms with Gasteiger partial charge in [0.05, 0.1) is 6.67 Å². The number of hydrogen-bond acceptors (Lipinski definition) is 4. The van der Waals surface area contributed by atoms with Gasteiger partial charge in [0.25, 0.3) is 0 Å². The van der Waals surface area contributed by atoms with Crippen LogP contribution in [0.1, 0.15) is 44.1 Å². The molecule has 0 spiro atoms. The molecule has 3 fully saturated rings. The molecule has 138 valence electrons. The van der Waals surface area contributed by atoms with Crippen molar-refractivity contribution in [3.63, 3.8) is 0 Å². The van der Waals surface area contributed by atoms with E-state index < -0.39 is 11.6 Å². The molecule has 3 aliphatic rings. The summed E-state index contributed by atoms with van der Waals surface area (Å²) in [4.78, 5) is 15.2. The molecule has 1 aromatic carbocycles. The molecule has 1 N–H and O–H groups in total. The van der Waals surface area contributed by atoms with Crippen LogP contribution in [0.4, 0.5) is 4.39 Å². The number of benzene rings is 1. The first-order valence-electron chi connectivity index (χ1n) is 9.41. The molecule has 1 aromatic rings. The molecule has 4 nitrogen and oxygen atoms in total. The van der Waals surface area contributed by atoms with Crippen molar-refractivity contribution in [2.45, 2.75) is 50.2 Å². The van der Waals surface area contributed by atoms with E-state index in [-0.39, 0.29) is 19.2 Å². The topological polar surface area (TPSA) is 49.8 Å². The predicted molar refractivity (Wildman–Crippen MR) is 93.8 cm³/mol. The summed E-state index contributed by atoms with van der Waals surface area (Å²) in [7, 11) is 0. The number of ether oxygens (including phenoxy) is 1. The Morgan fingerprint density at radius 1 is 1.20 bits per heavy atom. The van der Waals surface area contributed by atoms with Crippen LogP contribution in [-0.2, 0) is 15.1 Å². The van der Waals surface area contributed by atoms with Gasteiger partial charge in [-0.25, -0.2) is 4.79 Å². The first-order chi connectivity index (χ1) is 12.1. The Kier molecular flexibility index (Phi) is 6.07. The van der Waals surface area contributed by atoms with Crippen molar-refractivity contribution < 1.29 is 19.0 Å². The van der Waals surface area contributed by atoms with Crippen LogP contribution >= 0.6 is 0 Å². The highest BCUT2D eigenvalue weighted by atomic mass is 18.2. The average molecular weight is 348 g/mol. The second-order valence-electron chi connectivity index (χ2n) is 7.31. The lowest BCUT2D eigenvalue weighted by molar-refractivity contribution is -0.182.